The molecule has 1 aromatic heterocycles. The second-order valence-corrected chi connectivity index (χ2v) is 8.66. The summed E-state index contributed by atoms with van der Waals surface area (Å²) in [5.41, 5.74) is 0.995. The molecule has 140 valence electrons. The van der Waals surface area contributed by atoms with E-state index < -0.39 is 5.60 Å². The summed E-state index contributed by atoms with van der Waals surface area (Å²) in [5, 5.41) is 0. The third-order valence-electron chi connectivity index (χ3n) is 4.09. The maximum Gasteiger partial charge on any atom is 0.410 e. The summed E-state index contributed by atoms with van der Waals surface area (Å²) < 4.78 is 21.4. The van der Waals surface area contributed by atoms with Gasteiger partial charge in [-0.05, 0) is 45.7 Å². The predicted octanol–water partition coefficient (Wildman–Crippen LogP) is 5.77. The number of hydrogen-bond acceptors (Lipinski definition) is 4. The molecule has 1 amide bonds. The summed E-state index contributed by atoms with van der Waals surface area (Å²) in [6.07, 6.45) is 2.84. The number of carbonyl (C=O) groups excluding carboxylic acids is 1. The maximum absolute atomic E-state index is 13.5. The molecule has 5 nitrogen and oxygen atoms in total. The van der Waals surface area contributed by atoms with Gasteiger partial charge in [0.15, 0.2) is 12.3 Å². The molecule has 1 saturated heterocycles. The second kappa shape index (κ2) is 7.60. The van der Waals surface area contributed by atoms with E-state index in [1.165, 1.54) is 3.97 Å². The highest BCUT2D eigenvalue weighted by atomic mass is 79.9. The van der Waals surface area contributed by atoms with E-state index in [-0.39, 0.29) is 24.5 Å². The van der Waals surface area contributed by atoms with E-state index in [2.05, 4.69) is 20.9 Å². The highest BCUT2D eigenvalue weighted by molar-refractivity contribution is 9.10. The number of halogens is 2. The molecule has 1 atom stereocenters. The molecule has 0 spiro atoms. The number of imidazole rings is 1. The average molecular weight is 442 g/mol. The van der Waals surface area contributed by atoms with E-state index >= 15 is 0 Å². The van der Waals surface area contributed by atoms with Gasteiger partial charge in [-0.2, -0.15) is 0 Å². The fraction of sp³-hybridized carbons (Fsp3) is 0.444. The average Bonchev–Trinajstić information content (AvgIpc) is 3.20. The van der Waals surface area contributed by atoms with Crippen molar-refractivity contribution in [1.82, 2.24) is 13.9 Å². The van der Waals surface area contributed by atoms with Gasteiger partial charge in [0.25, 0.3) is 0 Å². The van der Waals surface area contributed by atoms with Crippen LogP contribution in [0.5, 0.6) is 0 Å². The summed E-state index contributed by atoms with van der Waals surface area (Å²) in [6.45, 7) is 6.08. The van der Waals surface area contributed by atoms with Crippen LogP contribution < -0.4 is 0 Å². The summed E-state index contributed by atoms with van der Waals surface area (Å²) in [6, 6.07) is 7.38. The van der Waals surface area contributed by atoms with E-state index in [0.717, 1.165) is 22.9 Å². The first kappa shape index (κ1) is 19.2. The summed E-state index contributed by atoms with van der Waals surface area (Å²) in [4.78, 5) is 18.8. The zero-order valence-electron chi connectivity index (χ0n) is 14.9. The minimum Gasteiger partial charge on any atom is -0.444 e. The summed E-state index contributed by atoms with van der Waals surface area (Å²) >= 11 is 3.50. The van der Waals surface area contributed by atoms with Crippen LogP contribution in [0.2, 0.25) is 0 Å². The van der Waals surface area contributed by atoms with Gasteiger partial charge in [0.2, 0.25) is 0 Å². The molecule has 1 fully saturated rings. The summed E-state index contributed by atoms with van der Waals surface area (Å²) in [7, 11) is 0. The third-order valence-corrected chi connectivity index (χ3v) is 5.06. The molecule has 0 saturated carbocycles. The van der Waals surface area contributed by atoms with E-state index in [4.69, 9.17) is 4.74 Å². The first-order valence-electron chi connectivity index (χ1n) is 8.42. The fourth-order valence-electron chi connectivity index (χ4n) is 2.99. The van der Waals surface area contributed by atoms with Crippen LogP contribution in [0.15, 0.2) is 34.9 Å². The molecule has 0 radical (unpaired) electrons. The zero-order chi connectivity index (χ0) is 18.9. The molecule has 0 bridgehead atoms. The number of aromatic nitrogens is 2. The van der Waals surface area contributed by atoms with Crippen LogP contribution in [0.3, 0.4) is 0 Å². The Morgan fingerprint density at radius 1 is 1.35 bits per heavy atom. The largest absolute Gasteiger partial charge is 0.444 e. The van der Waals surface area contributed by atoms with Crippen LogP contribution in [-0.4, -0.2) is 32.1 Å². The predicted molar refractivity (Wildman–Crippen MR) is 104 cm³/mol. The normalized spacial score (nSPS) is 17.6. The molecule has 2 heterocycles. The lowest BCUT2D eigenvalue weighted by molar-refractivity contribution is 0.0218. The van der Waals surface area contributed by atoms with Crippen molar-refractivity contribution < 1.29 is 13.4 Å². The Morgan fingerprint density at radius 2 is 2.04 bits per heavy atom. The fourth-order valence-corrected chi connectivity index (χ4v) is 3.63. The number of carbonyl (C=O) groups is 1. The SMILES string of the molecule is CC(C)(C)OC(=O)N1CCCC1c1nc(-c2ccc(Br)cc2)cn1SF. The van der Waals surface area contributed by atoms with Crippen molar-refractivity contribution in [2.24, 2.45) is 0 Å². The number of rotatable bonds is 3. The number of amides is 1. The molecule has 0 aliphatic carbocycles. The Balaban J connectivity index is 1.90. The first-order chi connectivity index (χ1) is 12.3. The van der Waals surface area contributed by atoms with E-state index in [1.807, 2.05) is 45.0 Å². The van der Waals surface area contributed by atoms with Crippen LogP contribution in [0.1, 0.15) is 45.5 Å². The van der Waals surface area contributed by atoms with E-state index in [9.17, 15) is 8.68 Å². The van der Waals surface area contributed by atoms with Gasteiger partial charge in [0.1, 0.15) is 11.4 Å². The Bertz CT molecular complexity index is 789. The lowest BCUT2D eigenvalue weighted by Gasteiger charge is -2.28. The van der Waals surface area contributed by atoms with Gasteiger partial charge in [-0.25, -0.2) is 13.8 Å². The molecule has 3 rings (SSSR count). The molecule has 1 aliphatic rings. The molecule has 8 heteroatoms. The Hall–Kier alpha value is -1.54. The van der Waals surface area contributed by atoms with Crippen molar-refractivity contribution in [1.29, 1.82) is 0 Å². The lowest BCUT2D eigenvalue weighted by Crippen LogP contribution is -2.37. The summed E-state index contributed by atoms with van der Waals surface area (Å²) in [5.74, 6) is 0.527. The van der Waals surface area contributed by atoms with Gasteiger partial charge in [0, 0.05) is 22.8 Å². The molecule has 0 N–H and O–H groups in total. The van der Waals surface area contributed by atoms with Crippen molar-refractivity contribution >= 4 is 34.4 Å². The number of hydrogen-bond donors (Lipinski definition) is 0. The van der Waals surface area contributed by atoms with Crippen molar-refractivity contribution in [3.05, 3.63) is 40.8 Å². The molecule has 26 heavy (non-hydrogen) atoms. The monoisotopic (exact) mass is 441 g/mol. The van der Waals surface area contributed by atoms with Crippen molar-refractivity contribution in [2.75, 3.05) is 6.54 Å². The second-order valence-electron chi connectivity index (χ2n) is 7.22. The number of ether oxygens (including phenoxy) is 1. The van der Waals surface area contributed by atoms with Crippen LogP contribution in [-0.2, 0) is 4.74 Å². The molecule has 1 unspecified atom stereocenters. The van der Waals surface area contributed by atoms with Crippen LogP contribution in [0.25, 0.3) is 11.3 Å². The van der Waals surface area contributed by atoms with Crippen LogP contribution in [0, 0.1) is 0 Å². The Labute approximate surface area is 165 Å². The number of likely N-dealkylation sites (tertiary alicyclic amines) is 1. The van der Waals surface area contributed by atoms with Gasteiger partial charge >= 0.3 is 6.09 Å². The molecular formula is C18H21BrFN3O2S. The number of benzene rings is 1. The Kier molecular flexibility index (Phi) is 5.62. The molecule has 1 aliphatic heterocycles. The maximum atomic E-state index is 13.5. The van der Waals surface area contributed by atoms with Gasteiger partial charge in [-0.3, -0.25) is 4.90 Å². The highest BCUT2D eigenvalue weighted by Crippen LogP contribution is 2.36. The van der Waals surface area contributed by atoms with Gasteiger partial charge in [0.05, 0.1) is 11.7 Å². The topological polar surface area (TPSA) is 47.4 Å². The first-order valence-corrected chi connectivity index (χ1v) is 9.89. The van der Waals surface area contributed by atoms with Gasteiger partial charge in [-0.1, -0.05) is 28.1 Å². The number of nitrogens with zero attached hydrogens (tertiary/aromatic N) is 3. The van der Waals surface area contributed by atoms with Gasteiger partial charge < -0.3 is 4.74 Å². The zero-order valence-corrected chi connectivity index (χ0v) is 17.3. The van der Waals surface area contributed by atoms with Crippen LogP contribution in [0.4, 0.5) is 8.68 Å². The minimum atomic E-state index is -0.572. The third kappa shape index (κ3) is 4.23. The molecular weight excluding hydrogens is 421 g/mol. The van der Waals surface area contributed by atoms with Gasteiger partial charge in [-0.15, -0.1) is 3.89 Å². The molecule has 1 aromatic carbocycles. The highest BCUT2D eigenvalue weighted by Gasteiger charge is 2.36. The van der Waals surface area contributed by atoms with Crippen LogP contribution >= 0.6 is 28.3 Å². The standard InChI is InChI=1S/C18H21BrFN3O2S/c1-18(2,3)25-17(24)22-10-4-5-15(22)16-21-14(11-23(16)26-20)12-6-8-13(19)9-7-12/h6-9,11,15H,4-5,10H2,1-3H3. The quantitative estimate of drug-likeness (QED) is 0.606. The van der Waals surface area contributed by atoms with E-state index in [1.54, 1.807) is 11.1 Å². The molecule has 2 aromatic rings. The van der Waals surface area contributed by atoms with E-state index in [0.29, 0.717) is 18.1 Å². The van der Waals surface area contributed by atoms with Crippen molar-refractivity contribution in [3.63, 3.8) is 0 Å². The lowest BCUT2D eigenvalue weighted by atomic mass is 10.2. The van der Waals surface area contributed by atoms with Crippen molar-refractivity contribution in [2.45, 2.75) is 45.3 Å². The Morgan fingerprint density at radius 3 is 2.65 bits per heavy atom. The van der Waals surface area contributed by atoms with Crippen molar-refractivity contribution in [3.8, 4) is 11.3 Å². The minimum absolute atomic E-state index is 0.0939. The smallest absolute Gasteiger partial charge is 0.410 e.